The van der Waals surface area contributed by atoms with Crippen LogP contribution in [0.15, 0.2) is 110 Å². The number of ether oxygens (including phenoxy) is 2. The lowest BCUT2D eigenvalue weighted by Gasteiger charge is -2.29. The van der Waals surface area contributed by atoms with Gasteiger partial charge in [0.2, 0.25) is 11.1 Å². The molecule has 1 aliphatic rings. The first kappa shape index (κ1) is 34.1. The van der Waals surface area contributed by atoms with Gasteiger partial charge >= 0.3 is 0 Å². The van der Waals surface area contributed by atoms with Gasteiger partial charge in [-0.2, -0.15) is 4.98 Å². The van der Waals surface area contributed by atoms with Crippen LogP contribution >= 0.6 is 55.2 Å². The number of amides is 1. The minimum atomic E-state index is -0.636. The number of hydrogen-bond donors (Lipinski definition) is 2. The molecule has 48 heavy (non-hydrogen) atoms. The molecule has 0 saturated carbocycles. The Balaban J connectivity index is 1.39. The topological polar surface area (TPSA) is 90.3 Å². The molecule has 0 bridgehead atoms. The maximum absolute atomic E-state index is 14.1. The van der Waals surface area contributed by atoms with Gasteiger partial charge in [0.15, 0.2) is 11.5 Å². The standard InChI is InChI=1S/C36H32Br2ClN5O3S/c1-4-46-30-18-25(17-28(38)33(30)47-19-23-10-8-12-26(37)16-23)32-31(34(45)41-27-13-7-9-21(2)15-27)22(3)40-35-42-36(43-44(32)35)48-20-24-11-5-6-14-29(24)39/h5-18,32H,4,19-20H2,1-3H3,(H,41,45)(H,40,42,43). The SMILES string of the molecule is CCOc1cc(C2C(C(=O)Nc3cccc(C)c3)=C(C)Nc3nc(SCc4ccccc4Cl)nn32)cc(Br)c1OCc1cccc(Br)c1. The molecule has 0 saturated heterocycles. The number of aromatic nitrogens is 3. The summed E-state index contributed by atoms with van der Waals surface area (Å²) in [7, 11) is 0. The quantitative estimate of drug-likeness (QED) is 0.129. The molecule has 8 nitrogen and oxygen atoms in total. The lowest BCUT2D eigenvalue weighted by atomic mass is 9.94. The molecular weight excluding hydrogens is 778 g/mol. The number of anilines is 2. The van der Waals surface area contributed by atoms with Crippen molar-refractivity contribution in [1.82, 2.24) is 14.8 Å². The molecule has 5 aromatic rings. The molecule has 246 valence electrons. The van der Waals surface area contributed by atoms with E-state index in [4.69, 9.17) is 31.2 Å². The van der Waals surface area contributed by atoms with Crippen molar-refractivity contribution >= 4 is 72.8 Å². The molecule has 1 amide bonds. The Morgan fingerprint density at radius 2 is 1.83 bits per heavy atom. The molecule has 1 aliphatic heterocycles. The second-order valence-corrected chi connectivity index (χ2v) is 14.2. The summed E-state index contributed by atoms with van der Waals surface area (Å²) in [6, 6.07) is 26.6. The highest BCUT2D eigenvalue weighted by Crippen LogP contribution is 2.44. The first-order valence-electron chi connectivity index (χ1n) is 15.2. The maximum atomic E-state index is 14.1. The summed E-state index contributed by atoms with van der Waals surface area (Å²) in [6.07, 6.45) is 0. The van der Waals surface area contributed by atoms with Crippen molar-refractivity contribution in [3.05, 3.63) is 132 Å². The fraction of sp³-hybridized carbons (Fsp3) is 0.194. The third kappa shape index (κ3) is 7.75. The van der Waals surface area contributed by atoms with Crippen LogP contribution in [0.5, 0.6) is 11.5 Å². The molecular formula is C36H32Br2ClN5O3S. The minimum Gasteiger partial charge on any atom is -0.490 e. The minimum absolute atomic E-state index is 0.258. The summed E-state index contributed by atoms with van der Waals surface area (Å²) in [4.78, 5) is 18.9. The Labute approximate surface area is 305 Å². The third-order valence-electron chi connectivity index (χ3n) is 7.59. The Morgan fingerprint density at radius 1 is 1.02 bits per heavy atom. The average molecular weight is 810 g/mol. The largest absolute Gasteiger partial charge is 0.490 e. The summed E-state index contributed by atoms with van der Waals surface area (Å²) >= 11 is 15.2. The summed E-state index contributed by atoms with van der Waals surface area (Å²) in [5.41, 5.74) is 5.66. The first-order valence-corrected chi connectivity index (χ1v) is 18.2. The van der Waals surface area contributed by atoms with E-state index in [2.05, 4.69) is 42.5 Å². The Hall–Kier alpha value is -3.77. The average Bonchev–Trinajstić information content (AvgIpc) is 3.45. The molecule has 1 aromatic heterocycles. The number of allylic oxidation sites excluding steroid dienone is 1. The molecule has 2 N–H and O–H groups in total. The van der Waals surface area contributed by atoms with E-state index in [1.807, 2.05) is 106 Å². The fourth-order valence-corrected chi connectivity index (χ4v) is 7.54. The number of aryl methyl sites for hydroxylation is 1. The van der Waals surface area contributed by atoms with Crippen LogP contribution in [0.1, 0.15) is 42.1 Å². The summed E-state index contributed by atoms with van der Waals surface area (Å²) in [5.74, 6) is 1.96. The number of rotatable bonds is 11. The molecule has 0 fully saturated rings. The number of carbonyl (C=O) groups excluding carboxylic acids is 1. The van der Waals surface area contributed by atoms with Gasteiger partial charge in [-0.3, -0.25) is 4.79 Å². The maximum Gasteiger partial charge on any atom is 0.255 e. The number of halogens is 3. The summed E-state index contributed by atoms with van der Waals surface area (Å²) in [5, 5.41) is 12.6. The molecule has 2 heterocycles. The van der Waals surface area contributed by atoms with Crippen molar-refractivity contribution in [2.24, 2.45) is 0 Å². The number of hydrogen-bond acceptors (Lipinski definition) is 7. The number of fused-ring (bicyclic) bond motifs is 1. The Kier molecular flexibility index (Phi) is 10.8. The zero-order chi connectivity index (χ0) is 33.8. The highest BCUT2D eigenvalue weighted by Gasteiger charge is 2.35. The number of thioether (sulfide) groups is 1. The number of nitrogens with zero attached hydrogens (tertiary/aromatic N) is 3. The van der Waals surface area contributed by atoms with Crippen LogP contribution in [0.3, 0.4) is 0 Å². The Bertz CT molecular complexity index is 2020. The van der Waals surface area contributed by atoms with Gasteiger partial charge in [-0.15, -0.1) is 5.10 Å². The zero-order valence-electron chi connectivity index (χ0n) is 26.4. The highest BCUT2D eigenvalue weighted by atomic mass is 79.9. The van der Waals surface area contributed by atoms with Gasteiger partial charge in [0.25, 0.3) is 5.91 Å². The van der Waals surface area contributed by atoms with Gasteiger partial charge in [0.1, 0.15) is 12.6 Å². The molecule has 4 aromatic carbocycles. The van der Waals surface area contributed by atoms with Gasteiger partial charge in [-0.25, -0.2) is 4.68 Å². The molecule has 0 aliphatic carbocycles. The van der Waals surface area contributed by atoms with E-state index < -0.39 is 6.04 Å². The van der Waals surface area contributed by atoms with Gasteiger partial charge in [-0.05, 0) is 101 Å². The second-order valence-electron chi connectivity index (χ2n) is 11.1. The van der Waals surface area contributed by atoms with Crippen molar-refractivity contribution in [2.75, 3.05) is 17.2 Å². The predicted molar refractivity (Wildman–Crippen MR) is 199 cm³/mol. The van der Waals surface area contributed by atoms with E-state index in [0.29, 0.717) is 68.0 Å². The smallest absolute Gasteiger partial charge is 0.255 e. The molecule has 0 radical (unpaired) electrons. The van der Waals surface area contributed by atoms with Crippen LogP contribution in [-0.4, -0.2) is 27.3 Å². The molecule has 1 unspecified atom stereocenters. The molecule has 0 spiro atoms. The van der Waals surface area contributed by atoms with E-state index in [-0.39, 0.29) is 5.91 Å². The fourth-order valence-electron chi connectivity index (χ4n) is 5.40. The van der Waals surface area contributed by atoms with E-state index in [9.17, 15) is 4.79 Å². The highest BCUT2D eigenvalue weighted by molar-refractivity contribution is 9.10. The van der Waals surface area contributed by atoms with Gasteiger partial charge in [-0.1, -0.05) is 81.8 Å². The van der Waals surface area contributed by atoms with Crippen LogP contribution < -0.4 is 20.1 Å². The van der Waals surface area contributed by atoms with Gasteiger partial charge in [0, 0.05) is 26.6 Å². The summed E-state index contributed by atoms with van der Waals surface area (Å²) in [6.45, 7) is 6.55. The van der Waals surface area contributed by atoms with Crippen molar-refractivity contribution in [1.29, 1.82) is 0 Å². The van der Waals surface area contributed by atoms with Crippen LogP contribution in [0.25, 0.3) is 0 Å². The molecule has 6 rings (SSSR count). The second kappa shape index (κ2) is 15.2. The van der Waals surface area contributed by atoms with Crippen molar-refractivity contribution in [3.63, 3.8) is 0 Å². The van der Waals surface area contributed by atoms with Crippen LogP contribution in [0, 0.1) is 6.92 Å². The van der Waals surface area contributed by atoms with Crippen LogP contribution in [-0.2, 0) is 17.2 Å². The van der Waals surface area contributed by atoms with E-state index >= 15 is 0 Å². The third-order valence-corrected chi connectivity index (χ3v) is 9.93. The normalized spacial score (nSPS) is 13.9. The van der Waals surface area contributed by atoms with E-state index in [0.717, 1.165) is 26.7 Å². The predicted octanol–water partition coefficient (Wildman–Crippen LogP) is 9.96. The van der Waals surface area contributed by atoms with Crippen molar-refractivity contribution in [2.45, 2.75) is 44.3 Å². The molecule has 1 atom stereocenters. The van der Waals surface area contributed by atoms with Gasteiger partial charge < -0.3 is 20.1 Å². The number of nitrogens with one attached hydrogen (secondary N) is 2. The van der Waals surface area contributed by atoms with Gasteiger partial charge in [0.05, 0.1) is 16.7 Å². The molecule has 12 heteroatoms. The Morgan fingerprint density at radius 3 is 2.60 bits per heavy atom. The number of carbonyl (C=O) groups is 1. The zero-order valence-corrected chi connectivity index (χ0v) is 31.1. The first-order chi connectivity index (χ1) is 23.2. The van der Waals surface area contributed by atoms with E-state index in [1.54, 1.807) is 4.68 Å². The van der Waals surface area contributed by atoms with Crippen molar-refractivity contribution < 1.29 is 14.3 Å². The summed E-state index contributed by atoms with van der Waals surface area (Å²) < 4.78 is 15.8. The number of benzene rings is 4. The van der Waals surface area contributed by atoms with Crippen LogP contribution in [0.4, 0.5) is 11.6 Å². The van der Waals surface area contributed by atoms with Crippen LogP contribution in [0.2, 0.25) is 5.02 Å². The lowest BCUT2D eigenvalue weighted by molar-refractivity contribution is -0.113. The lowest BCUT2D eigenvalue weighted by Crippen LogP contribution is -2.31. The monoisotopic (exact) mass is 807 g/mol. The van der Waals surface area contributed by atoms with E-state index in [1.165, 1.54) is 11.8 Å². The van der Waals surface area contributed by atoms with Crippen molar-refractivity contribution in [3.8, 4) is 11.5 Å².